The molecule has 0 saturated carbocycles. The van der Waals surface area contributed by atoms with E-state index in [0.717, 1.165) is 39.5 Å². The second-order valence-electron chi connectivity index (χ2n) is 19.6. The first-order valence-electron chi connectivity index (χ1n) is 25.5. The SMILES string of the molecule is Cc1ncc(NC(=O)c2cccc(C(F)(F)F)c2)cc1-c1cnc(OCCOCCOCCOCCNC(C(=O)N2C[C@H](O)C[C@H]2C(=O)NC(C)c2ccc(-c3scnc3C)cc2)C(C)(C)C)c(N2CCOCC2)c1.O=CO. The van der Waals surface area contributed by atoms with Crippen LogP contribution in [0.25, 0.3) is 21.6 Å². The standard InChI is InChI=1S/C54H67F3N8O9S.CH2O2/c1-34(37-10-12-38(13-11-37)47-36(3)61-33-75-47)62-50(68)45-29-43(66)32-65(45)52(69)48(53(4,5)6)58-14-17-70-20-21-72-22-23-73-24-25-74-51-46(64-15-18-71-19-16-64)27-40(30-60-51)44-28-42(31-59-35(44)2)63-49(67)39-8-7-9-41(26-39)54(55,56)57;2-1-3/h7-13,26-28,30-31,33-34,43,45,48,58,66H,14-25,29,32H2,1-6H3,(H,62,68)(H,63,67);1H,(H,2,3)/t34?,43-,45+,48?;/m1./s1. The number of carbonyl (C=O) groups excluding carboxylic acids is 3. The van der Waals surface area contributed by atoms with E-state index in [1.54, 1.807) is 23.6 Å². The number of β-amino-alcohol motifs (C(OH)–C–C–N with tert-alkyl or cyclic N) is 1. The largest absolute Gasteiger partial charge is 0.483 e. The first-order chi connectivity index (χ1) is 37.3. The number of carbonyl (C=O) groups is 4. The minimum absolute atomic E-state index is 0.0666. The van der Waals surface area contributed by atoms with Crippen molar-refractivity contribution in [3.63, 3.8) is 0 Å². The van der Waals surface area contributed by atoms with Crippen molar-refractivity contribution in [2.24, 2.45) is 5.41 Å². The molecule has 2 fully saturated rings. The number of aryl methyl sites for hydroxylation is 2. The normalized spacial score (nSPS) is 16.4. The fourth-order valence-corrected chi connectivity index (χ4v) is 9.62. The summed E-state index contributed by atoms with van der Waals surface area (Å²) < 4.78 is 68.8. The van der Waals surface area contributed by atoms with E-state index < -0.39 is 41.2 Å². The summed E-state index contributed by atoms with van der Waals surface area (Å²) in [7, 11) is 0. The topological polar surface area (TPSA) is 236 Å². The molecule has 2 aromatic carbocycles. The number of amides is 3. The highest BCUT2D eigenvalue weighted by Crippen LogP contribution is 2.35. The van der Waals surface area contributed by atoms with Gasteiger partial charge in [-0.05, 0) is 67.6 Å². The van der Waals surface area contributed by atoms with E-state index in [4.69, 9.17) is 33.6 Å². The number of aromatic nitrogens is 3. The molecule has 19 nitrogen and oxygen atoms in total. The average Bonchev–Trinajstić information content (AvgIpc) is 4.05. The number of benzene rings is 2. The van der Waals surface area contributed by atoms with Crippen LogP contribution in [-0.4, -0.2) is 158 Å². The van der Waals surface area contributed by atoms with Crippen molar-refractivity contribution in [3.05, 3.63) is 107 Å². The summed E-state index contributed by atoms with van der Waals surface area (Å²) >= 11 is 1.58. The van der Waals surface area contributed by atoms with Gasteiger partial charge in [0.15, 0.2) is 0 Å². The fraction of sp³-hybridized carbons (Fsp3) is 0.473. The number of alkyl halides is 3. The Kier molecular flexibility index (Phi) is 22.4. The predicted molar refractivity (Wildman–Crippen MR) is 287 cm³/mol. The van der Waals surface area contributed by atoms with Crippen LogP contribution in [0.2, 0.25) is 0 Å². The van der Waals surface area contributed by atoms with Gasteiger partial charge in [-0.2, -0.15) is 13.2 Å². The Bertz CT molecular complexity index is 2760. The van der Waals surface area contributed by atoms with Crippen molar-refractivity contribution in [3.8, 4) is 27.4 Å². The lowest BCUT2D eigenvalue weighted by atomic mass is 9.85. The molecule has 0 radical (unpaired) electrons. The number of thiazole rings is 1. The van der Waals surface area contributed by atoms with Gasteiger partial charge in [0.05, 0.1) is 105 Å². The summed E-state index contributed by atoms with van der Waals surface area (Å²) in [6.45, 7) is 16.1. The molecule has 0 aliphatic carbocycles. The Labute approximate surface area is 455 Å². The zero-order chi connectivity index (χ0) is 56.4. The number of rotatable bonds is 23. The number of hydrogen-bond acceptors (Lipinski definition) is 16. The third-order valence-corrected chi connectivity index (χ3v) is 13.8. The molecule has 2 aliphatic heterocycles. The number of halogens is 3. The number of aliphatic hydroxyl groups is 1. The molecule has 3 aromatic heterocycles. The molecule has 23 heteroatoms. The summed E-state index contributed by atoms with van der Waals surface area (Å²) in [6.07, 6.45) is -2.16. The number of anilines is 2. The van der Waals surface area contributed by atoms with Gasteiger partial charge in [-0.3, -0.25) is 24.2 Å². The Morgan fingerprint density at radius 1 is 0.872 bits per heavy atom. The number of morpholine rings is 1. The number of aliphatic hydroxyl groups excluding tert-OH is 1. The number of ether oxygens (including phenoxy) is 5. The summed E-state index contributed by atoms with van der Waals surface area (Å²) in [5.41, 5.74) is 6.27. The second-order valence-corrected chi connectivity index (χ2v) is 20.5. The summed E-state index contributed by atoms with van der Waals surface area (Å²) in [5.74, 6) is -0.866. The maximum absolute atomic E-state index is 14.1. The molecule has 78 heavy (non-hydrogen) atoms. The lowest BCUT2D eigenvalue weighted by Gasteiger charge is -2.35. The number of hydrogen-bond donors (Lipinski definition) is 5. The molecule has 3 amide bonds. The third-order valence-electron chi connectivity index (χ3n) is 12.9. The molecule has 0 bridgehead atoms. The van der Waals surface area contributed by atoms with Crippen LogP contribution in [0.3, 0.4) is 0 Å². The minimum Gasteiger partial charge on any atom is -0.483 e. The molecule has 0 spiro atoms. The number of nitrogens with one attached hydrogen (secondary N) is 3. The van der Waals surface area contributed by atoms with Crippen LogP contribution in [0.15, 0.2) is 78.6 Å². The molecule has 422 valence electrons. The van der Waals surface area contributed by atoms with E-state index in [9.17, 15) is 32.7 Å². The highest BCUT2D eigenvalue weighted by Gasteiger charge is 2.44. The number of likely N-dealkylation sites (tertiary alicyclic amines) is 1. The average molecular weight is 1110 g/mol. The number of nitrogens with zero attached hydrogens (tertiary/aromatic N) is 5. The van der Waals surface area contributed by atoms with Crippen LogP contribution >= 0.6 is 11.3 Å². The third kappa shape index (κ3) is 17.2. The molecule has 5 N–H and O–H groups in total. The zero-order valence-electron chi connectivity index (χ0n) is 44.6. The van der Waals surface area contributed by atoms with Crippen molar-refractivity contribution in [2.45, 2.75) is 78.4 Å². The molecule has 2 saturated heterocycles. The number of pyridine rings is 2. The quantitative estimate of drug-likeness (QED) is 0.0328. The Morgan fingerprint density at radius 3 is 2.18 bits per heavy atom. The van der Waals surface area contributed by atoms with E-state index in [2.05, 4.69) is 35.8 Å². The smallest absolute Gasteiger partial charge is 0.416 e. The summed E-state index contributed by atoms with van der Waals surface area (Å²) in [4.78, 5) is 67.2. The molecule has 4 atom stereocenters. The predicted octanol–water partition coefficient (Wildman–Crippen LogP) is 6.96. The Balaban J connectivity index is 0.00000320. The van der Waals surface area contributed by atoms with Crippen LogP contribution in [0, 0.1) is 19.3 Å². The van der Waals surface area contributed by atoms with Gasteiger partial charge in [0.2, 0.25) is 17.7 Å². The molecular formula is C55H69F3N8O11S. The molecular weight excluding hydrogens is 1040 g/mol. The molecule has 5 aromatic rings. The van der Waals surface area contributed by atoms with Crippen LogP contribution in [0.1, 0.15) is 73.0 Å². The van der Waals surface area contributed by atoms with Crippen LogP contribution < -0.4 is 25.6 Å². The van der Waals surface area contributed by atoms with E-state index in [-0.39, 0.29) is 56.1 Å². The molecule has 5 heterocycles. The van der Waals surface area contributed by atoms with Gasteiger partial charge in [0.25, 0.3) is 12.4 Å². The highest BCUT2D eigenvalue weighted by atomic mass is 32.1. The van der Waals surface area contributed by atoms with E-state index >= 15 is 0 Å². The molecule has 2 unspecified atom stereocenters. The van der Waals surface area contributed by atoms with Gasteiger partial charge in [0.1, 0.15) is 18.3 Å². The number of carboxylic acid groups (broad SMARTS) is 1. The van der Waals surface area contributed by atoms with Gasteiger partial charge >= 0.3 is 6.18 Å². The van der Waals surface area contributed by atoms with Gasteiger partial charge in [-0.15, -0.1) is 11.3 Å². The maximum atomic E-state index is 14.1. The molecule has 2 aliphatic rings. The van der Waals surface area contributed by atoms with Crippen LogP contribution in [0.4, 0.5) is 24.5 Å². The van der Waals surface area contributed by atoms with Gasteiger partial charge < -0.3 is 59.6 Å². The lowest BCUT2D eigenvalue weighted by molar-refractivity contribution is -0.142. The highest BCUT2D eigenvalue weighted by molar-refractivity contribution is 7.13. The maximum Gasteiger partial charge on any atom is 0.416 e. The first kappa shape index (κ1) is 60.6. The monoisotopic (exact) mass is 1110 g/mol. The van der Waals surface area contributed by atoms with Crippen molar-refractivity contribution < 1.29 is 66.2 Å². The van der Waals surface area contributed by atoms with Gasteiger partial charge in [-0.25, -0.2) is 9.97 Å². The Hall–Kier alpha value is -6.60. The minimum atomic E-state index is -4.59. The summed E-state index contributed by atoms with van der Waals surface area (Å²) in [5, 5.41) is 26.6. The fourth-order valence-electron chi connectivity index (χ4n) is 8.81. The van der Waals surface area contributed by atoms with E-state index in [1.807, 2.05) is 77.4 Å². The van der Waals surface area contributed by atoms with Crippen LogP contribution in [0.5, 0.6) is 5.88 Å². The van der Waals surface area contributed by atoms with Crippen LogP contribution in [-0.2, 0) is 39.5 Å². The Morgan fingerprint density at radius 2 is 1.54 bits per heavy atom. The molecule has 7 rings (SSSR count). The van der Waals surface area contributed by atoms with Crippen molar-refractivity contribution in [1.82, 2.24) is 30.5 Å². The van der Waals surface area contributed by atoms with E-state index in [0.29, 0.717) is 94.3 Å². The van der Waals surface area contributed by atoms with Crippen molar-refractivity contribution >= 4 is 46.9 Å². The van der Waals surface area contributed by atoms with E-state index in [1.165, 1.54) is 23.2 Å². The van der Waals surface area contributed by atoms with Crippen molar-refractivity contribution in [2.75, 3.05) is 95.9 Å². The second kappa shape index (κ2) is 28.9. The van der Waals surface area contributed by atoms with Crippen molar-refractivity contribution in [1.29, 1.82) is 0 Å². The zero-order valence-corrected chi connectivity index (χ0v) is 45.5. The van der Waals surface area contributed by atoms with Gasteiger partial charge in [0, 0.05) is 61.2 Å². The lowest BCUT2D eigenvalue weighted by Crippen LogP contribution is -2.57. The first-order valence-corrected chi connectivity index (χ1v) is 26.4. The summed E-state index contributed by atoms with van der Waals surface area (Å²) in [6, 6.07) is 14.1. The van der Waals surface area contributed by atoms with Gasteiger partial charge in [-0.1, -0.05) is 51.1 Å².